The van der Waals surface area contributed by atoms with Gasteiger partial charge >= 0.3 is 0 Å². The van der Waals surface area contributed by atoms with Crippen molar-refractivity contribution in [3.63, 3.8) is 0 Å². The molecule has 0 saturated heterocycles. The van der Waals surface area contributed by atoms with Gasteiger partial charge < -0.3 is 0 Å². The zero-order chi connectivity index (χ0) is 8.85. The van der Waals surface area contributed by atoms with Gasteiger partial charge in [0.1, 0.15) is 5.83 Å². The predicted octanol–water partition coefficient (Wildman–Crippen LogP) is 3.78. The fourth-order valence-corrected chi connectivity index (χ4v) is 0.796. The SMILES string of the molecule is CC(C)/C=C\C(F)=C(\F)CI. The van der Waals surface area contributed by atoms with Gasteiger partial charge in [0.05, 0.1) is 4.43 Å². The first-order chi connectivity index (χ1) is 5.07. The minimum Gasteiger partial charge on any atom is -0.208 e. The molecule has 0 aliphatic heterocycles. The highest BCUT2D eigenvalue weighted by Crippen LogP contribution is 2.12. The van der Waals surface area contributed by atoms with Gasteiger partial charge in [0.15, 0.2) is 5.83 Å². The molecule has 0 unspecified atom stereocenters. The van der Waals surface area contributed by atoms with Gasteiger partial charge in [-0.3, -0.25) is 0 Å². The van der Waals surface area contributed by atoms with Crippen molar-refractivity contribution < 1.29 is 8.78 Å². The maximum absolute atomic E-state index is 12.6. The van der Waals surface area contributed by atoms with Crippen molar-refractivity contribution in [2.24, 2.45) is 5.92 Å². The summed E-state index contributed by atoms with van der Waals surface area (Å²) < 4.78 is 25.1. The molecule has 3 heteroatoms. The Labute approximate surface area is 79.5 Å². The van der Waals surface area contributed by atoms with Crippen LogP contribution in [0.2, 0.25) is 0 Å². The van der Waals surface area contributed by atoms with E-state index in [1.165, 1.54) is 6.08 Å². The number of allylic oxidation sites excluding steroid dienone is 4. The number of rotatable bonds is 3. The molecule has 0 fully saturated rings. The quantitative estimate of drug-likeness (QED) is 0.416. The lowest BCUT2D eigenvalue weighted by molar-refractivity contribution is 0.559. The van der Waals surface area contributed by atoms with Crippen LogP contribution < -0.4 is 0 Å². The zero-order valence-electron chi connectivity index (χ0n) is 6.57. The van der Waals surface area contributed by atoms with E-state index in [1.807, 2.05) is 13.8 Å². The Morgan fingerprint density at radius 3 is 2.36 bits per heavy atom. The third-order valence-corrected chi connectivity index (χ3v) is 1.67. The topological polar surface area (TPSA) is 0 Å². The smallest absolute Gasteiger partial charge is 0.155 e. The largest absolute Gasteiger partial charge is 0.208 e. The molecule has 0 aromatic heterocycles. The Balaban J connectivity index is 4.15. The van der Waals surface area contributed by atoms with Gasteiger partial charge in [0.25, 0.3) is 0 Å². The van der Waals surface area contributed by atoms with E-state index in [4.69, 9.17) is 0 Å². The summed E-state index contributed by atoms with van der Waals surface area (Å²) in [7, 11) is 0. The maximum atomic E-state index is 12.6. The second-order valence-electron chi connectivity index (χ2n) is 2.49. The Hall–Kier alpha value is 0.0700. The van der Waals surface area contributed by atoms with Crippen LogP contribution in [0.5, 0.6) is 0 Å². The van der Waals surface area contributed by atoms with Gasteiger partial charge in [0, 0.05) is 0 Å². The summed E-state index contributed by atoms with van der Waals surface area (Å²) in [4.78, 5) is 0. The highest BCUT2D eigenvalue weighted by molar-refractivity contribution is 14.1. The zero-order valence-corrected chi connectivity index (χ0v) is 8.73. The van der Waals surface area contributed by atoms with Crippen molar-refractivity contribution in [1.82, 2.24) is 0 Å². The molecule has 0 atom stereocenters. The lowest BCUT2D eigenvalue weighted by atomic mass is 10.2. The average molecular weight is 272 g/mol. The van der Waals surface area contributed by atoms with Crippen molar-refractivity contribution in [3.05, 3.63) is 23.8 Å². The van der Waals surface area contributed by atoms with Crippen LogP contribution in [0.3, 0.4) is 0 Å². The number of halogens is 3. The first-order valence-corrected chi connectivity index (χ1v) is 4.88. The molecule has 0 aliphatic rings. The molecule has 11 heavy (non-hydrogen) atoms. The fourth-order valence-electron chi connectivity index (χ4n) is 0.431. The van der Waals surface area contributed by atoms with Crippen LogP contribution in [0.1, 0.15) is 13.8 Å². The molecule has 0 spiro atoms. The summed E-state index contributed by atoms with van der Waals surface area (Å²) in [6.45, 7) is 3.82. The minimum absolute atomic E-state index is 0.0893. The van der Waals surface area contributed by atoms with Crippen LogP contribution in [0.25, 0.3) is 0 Å². The molecule has 0 aliphatic carbocycles. The fraction of sp³-hybridized carbons (Fsp3) is 0.500. The van der Waals surface area contributed by atoms with Crippen LogP contribution in [0.4, 0.5) is 8.78 Å². The second kappa shape index (κ2) is 5.69. The highest BCUT2D eigenvalue weighted by Gasteiger charge is 1.99. The molecule has 0 rings (SSSR count). The summed E-state index contributed by atoms with van der Waals surface area (Å²) in [5.74, 6) is -1.20. The van der Waals surface area contributed by atoms with E-state index < -0.39 is 11.7 Å². The molecule has 0 bridgehead atoms. The lowest BCUT2D eigenvalue weighted by Crippen LogP contribution is -1.81. The van der Waals surface area contributed by atoms with Crippen molar-refractivity contribution in [1.29, 1.82) is 0 Å². The van der Waals surface area contributed by atoms with Crippen molar-refractivity contribution in [2.45, 2.75) is 13.8 Å². The molecule has 64 valence electrons. The van der Waals surface area contributed by atoms with Crippen LogP contribution in [-0.2, 0) is 0 Å². The van der Waals surface area contributed by atoms with E-state index in [9.17, 15) is 8.78 Å². The van der Waals surface area contributed by atoms with Gasteiger partial charge in [-0.15, -0.1) is 0 Å². The molecule has 0 nitrogen and oxygen atoms in total. The van der Waals surface area contributed by atoms with Crippen molar-refractivity contribution in [3.8, 4) is 0 Å². The van der Waals surface area contributed by atoms with E-state index in [-0.39, 0.29) is 10.3 Å². The van der Waals surface area contributed by atoms with E-state index in [1.54, 1.807) is 28.7 Å². The molecule has 0 saturated carbocycles. The standard InChI is InChI=1S/C8H11F2I/c1-6(2)3-4-7(9)8(10)5-11/h3-4,6H,5H2,1-2H3/b4-3-,8-7-. The minimum atomic E-state index is -0.756. The van der Waals surface area contributed by atoms with E-state index in [0.717, 1.165) is 0 Å². The van der Waals surface area contributed by atoms with E-state index in [2.05, 4.69) is 0 Å². The molecule has 0 aromatic carbocycles. The third kappa shape index (κ3) is 5.35. The van der Waals surface area contributed by atoms with Crippen LogP contribution >= 0.6 is 22.6 Å². The second-order valence-corrected chi connectivity index (χ2v) is 3.25. The van der Waals surface area contributed by atoms with Crippen LogP contribution in [-0.4, -0.2) is 4.43 Å². The number of hydrogen-bond acceptors (Lipinski definition) is 0. The summed E-state index contributed by atoms with van der Waals surface area (Å²) in [6.07, 6.45) is 2.81. The number of alkyl halides is 1. The Morgan fingerprint density at radius 2 is 2.00 bits per heavy atom. The van der Waals surface area contributed by atoms with Crippen molar-refractivity contribution in [2.75, 3.05) is 4.43 Å². The van der Waals surface area contributed by atoms with Gasteiger partial charge in [-0.05, 0) is 12.0 Å². The first kappa shape index (κ1) is 11.1. The summed E-state index contributed by atoms with van der Waals surface area (Å²) in [6, 6.07) is 0. The summed E-state index contributed by atoms with van der Waals surface area (Å²) >= 11 is 1.78. The van der Waals surface area contributed by atoms with Gasteiger partial charge in [-0.25, -0.2) is 8.78 Å². The molecule has 0 heterocycles. The molecule has 0 N–H and O–H groups in total. The Bertz CT molecular complexity index is 171. The Morgan fingerprint density at radius 1 is 1.45 bits per heavy atom. The van der Waals surface area contributed by atoms with Gasteiger partial charge in [-0.2, -0.15) is 0 Å². The normalized spacial score (nSPS) is 14.4. The van der Waals surface area contributed by atoms with Crippen molar-refractivity contribution >= 4 is 22.6 Å². The van der Waals surface area contributed by atoms with Crippen LogP contribution in [0.15, 0.2) is 23.8 Å². The highest BCUT2D eigenvalue weighted by atomic mass is 127. The van der Waals surface area contributed by atoms with E-state index in [0.29, 0.717) is 0 Å². The maximum Gasteiger partial charge on any atom is 0.155 e. The Kier molecular flexibility index (Phi) is 5.72. The lowest BCUT2D eigenvalue weighted by Gasteiger charge is -1.93. The van der Waals surface area contributed by atoms with E-state index >= 15 is 0 Å². The summed E-state index contributed by atoms with van der Waals surface area (Å²) in [5, 5.41) is 0. The average Bonchev–Trinajstić information content (AvgIpc) is 1.98. The van der Waals surface area contributed by atoms with Gasteiger partial charge in [-0.1, -0.05) is 42.5 Å². The summed E-state index contributed by atoms with van der Waals surface area (Å²) in [5.41, 5.74) is 0. The molecule has 0 radical (unpaired) electrons. The van der Waals surface area contributed by atoms with Gasteiger partial charge in [0.2, 0.25) is 0 Å². The number of hydrogen-bond donors (Lipinski definition) is 0. The van der Waals surface area contributed by atoms with Crippen LogP contribution in [0, 0.1) is 5.92 Å². The molecular formula is C8H11F2I. The monoisotopic (exact) mass is 272 g/mol. The molecular weight excluding hydrogens is 261 g/mol. The predicted molar refractivity (Wildman–Crippen MR) is 52.1 cm³/mol. The first-order valence-electron chi connectivity index (χ1n) is 3.36. The third-order valence-electron chi connectivity index (χ3n) is 1.00. The molecule has 0 aromatic rings. The molecule has 0 amide bonds.